The van der Waals surface area contributed by atoms with Crippen molar-refractivity contribution in [3.8, 4) is 0 Å². The fraction of sp³-hybridized carbons (Fsp3) is 0.308. The zero-order valence-electron chi connectivity index (χ0n) is 11.0. The van der Waals surface area contributed by atoms with E-state index in [0.29, 0.717) is 0 Å². The SMILES string of the molecule is CC(=O)Nc1cccc(C(=O)NC(C)C)c1C(=O)O. The quantitative estimate of drug-likeness (QED) is 0.767. The van der Waals surface area contributed by atoms with Crippen molar-refractivity contribution in [2.24, 2.45) is 0 Å². The van der Waals surface area contributed by atoms with Gasteiger partial charge in [-0.3, -0.25) is 9.59 Å². The Morgan fingerprint density at radius 1 is 1.21 bits per heavy atom. The van der Waals surface area contributed by atoms with Crippen LogP contribution in [0.3, 0.4) is 0 Å². The van der Waals surface area contributed by atoms with Crippen LogP contribution in [0, 0.1) is 0 Å². The number of carboxylic acid groups (broad SMARTS) is 1. The van der Waals surface area contributed by atoms with Crippen molar-refractivity contribution in [1.29, 1.82) is 0 Å². The van der Waals surface area contributed by atoms with E-state index in [4.69, 9.17) is 0 Å². The lowest BCUT2D eigenvalue weighted by molar-refractivity contribution is -0.114. The van der Waals surface area contributed by atoms with E-state index >= 15 is 0 Å². The molecule has 1 rings (SSSR count). The molecule has 0 aromatic heterocycles. The molecule has 0 bridgehead atoms. The summed E-state index contributed by atoms with van der Waals surface area (Å²) in [6.45, 7) is 4.82. The number of carbonyl (C=O) groups is 3. The molecular formula is C13H16N2O4. The number of hydrogen-bond acceptors (Lipinski definition) is 3. The number of anilines is 1. The highest BCUT2D eigenvalue weighted by atomic mass is 16.4. The fourth-order valence-electron chi connectivity index (χ4n) is 1.61. The molecule has 0 aliphatic carbocycles. The second kappa shape index (κ2) is 5.99. The highest BCUT2D eigenvalue weighted by Gasteiger charge is 2.21. The van der Waals surface area contributed by atoms with Crippen LogP contribution in [0.25, 0.3) is 0 Å². The molecule has 0 unspecified atom stereocenters. The molecule has 19 heavy (non-hydrogen) atoms. The van der Waals surface area contributed by atoms with Gasteiger partial charge < -0.3 is 15.7 Å². The van der Waals surface area contributed by atoms with Crippen molar-refractivity contribution in [3.63, 3.8) is 0 Å². The van der Waals surface area contributed by atoms with Crippen LogP contribution in [0.5, 0.6) is 0 Å². The number of aromatic carboxylic acids is 1. The number of hydrogen-bond donors (Lipinski definition) is 3. The van der Waals surface area contributed by atoms with Gasteiger partial charge in [0.05, 0.1) is 16.8 Å². The molecule has 0 spiro atoms. The van der Waals surface area contributed by atoms with Gasteiger partial charge in [0.2, 0.25) is 5.91 Å². The van der Waals surface area contributed by atoms with Crippen molar-refractivity contribution in [2.75, 3.05) is 5.32 Å². The van der Waals surface area contributed by atoms with Gasteiger partial charge in [-0.1, -0.05) is 6.07 Å². The molecule has 0 radical (unpaired) electrons. The summed E-state index contributed by atoms with van der Waals surface area (Å²) < 4.78 is 0. The zero-order chi connectivity index (χ0) is 14.6. The second-order valence-corrected chi connectivity index (χ2v) is 4.34. The summed E-state index contributed by atoms with van der Waals surface area (Å²) in [6.07, 6.45) is 0. The number of carbonyl (C=O) groups excluding carboxylic acids is 2. The third-order valence-corrected chi connectivity index (χ3v) is 2.25. The molecule has 0 fully saturated rings. The summed E-state index contributed by atoms with van der Waals surface area (Å²) in [4.78, 5) is 34.3. The summed E-state index contributed by atoms with van der Waals surface area (Å²) >= 11 is 0. The van der Waals surface area contributed by atoms with E-state index in [9.17, 15) is 19.5 Å². The number of nitrogens with one attached hydrogen (secondary N) is 2. The Hall–Kier alpha value is -2.37. The first kappa shape index (κ1) is 14.7. The van der Waals surface area contributed by atoms with E-state index in [1.54, 1.807) is 13.8 Å². The minimum atomic E-state index is -1.27. The van der Waals surface area contributed by atoms with E-state index < -0.39 is 17.8 Å². The summed E-state index contributed by atoms with van der Waals surface area (Å²) in [7, 11) is 0. The van der Waals surface area contributed by atoms with Crippen molar-refractivity contribution in [2.45, 2.75) is 26.8 Å². The monoisotopic (exact) mass is 264 g/mol. The molecule has 6 heteroatoms. The predicted molar refractivity (Wildman–Crippen MR) is 70.3 cm³/mol. The van der Waals surface area contributed by atoms with Crippen LogP contribution in [0.4, 0.5) is 5.69 Å². The molecule has 0 saturated carbocycles. The topological polar surface area (TPSA) is 95.5 Å². The van der Waals surface area contributed by atoms with Gasteiger partial charge in [0.25, 0.3) is 5.91 Å². The van der Waals surface area contributed by atoms with Gasteiger partial charge in [0, 0.05) is 13.0 Å². The van der Waals surface area contributed by atoms with Gasteiger partial charge in [0.1, 0.15) is 0 Å². The van der Waals surface area contributed by atoms with Crippen LogP contribution in [-0.2, 0) is 4.79 Å². The predicted octanol–water partition coefficient (Wildman–Crippen LogP) is 1.48. The Balaban J connectivity index is 3.27. The van der Waals surface area contributed by atoms with Gasteiger partial charge in [-0.05, 0) is 26.0 Å². The maximum atomic E-state index is 11.9. The van der Waals surface area contributed by atoms with Crippen LogP contribution in [0.1, 0.15) is 41.5 Å². The van der Waals surface area contributed by atoms with Gasteiger partial charge in [-0.2, -0.15) is 0 Å². The lowest BCUT2D eigenvalue weighted by Gasteiger charge is -2.13. The summed E-state index contributed by atoms with van der Waals surface area (Å²) in [5, 5.41) is 14.2. The fourth-order valence-corrected chi connectivity index (χ4v) is 1.61. The molecule has 1 aromatic carbocycles. The molecule has 6 nitrogen and oxygen atoms in total. The summed E-state index contributed by atoms with van der Waals surface area (Å²) in [5.74, 6) is -2.15. The van der Waals surface area contributed by atoms with E-state index in [0.717, 1.165) is 0 Å². The van der Waals surface area contributed by atoms with Gasteiger partial charge in [-0.15, -0.1) is 0 Å². The van der Waals surface area contributed by atoms with E-state index in [2.05, 4.69) is 10.6 Å². The Labute approximate surface area is 110 Å². The molecule has 0 aliphatic rings. The number of amides is 2. The second-order valence-electron chi connectivity index (χ2n) is 4.34. The minimum absolute atomic E-state index is 0.0208. The Bertz CT molecular complexity index is 523. The zero-order valence-corrected chi connectivity index (χ0v) is 11.0. The standard InChI is InChI=1S/C13H16N2O4/c1-7(2)14-12(17)9-5-4-6-10(15-8(3)16)11(9)13(18)19/h4-7H,1-3H3,(H,14,17)(H,15,16)(H,18,19). The molecule has 0 saturated heterocycles. The maximum absolute atomic E-state index is 11.9. The Morgan fingerprint density at radius 2 is 1.84 bits per heavy atom. The first-order chi connectivity index (χ1) is 8.82. The Morgan fingerprint density at radius 3 is 2.32 bits per heavy atom. The third kappa shape index (κ3) is 3.80. The first-order valence-corrected chi connectivity index (χ1v) is 5.77. The molecule has 0 aliphatic heterocycles. The van der Waals surface area contributed by atoms with Gasteiger partial charge >= 0.3 is 5.97 Å². The van der Waals surface area contributed by atoms with E-state index in [1.165, 1.54) is 25.1 Å². The molecule has 2 amide bonds. The highest BCUT2D eigenvalue weighted by molar-refractivity contribution is 6.10. The van der Waals surface area contributed by atoms with Crippen molar-refractivity contribution in [3.05, 3.63) is 29.3 Å². The molecular weight excluding hydrogens is 248 g/mol. The maximum Gasteiger partial charge on any atom is 0.338 e. The average Bonchev–Trinajstić information content (AvgIpc) is 2.26. The van der Waals surface area contributed by atoms with Gasteiger partial charge in [0.15, 0.2) is 0 Å². The molecule has 3 N–H and O–H groups in total. The number of benzene rings is 1. The highest BCUT2D eigenvalue weighted by Crippen LogP contribution is 2.20. The van der Waals surface area contributed by atoms with Gasteiger partial charge in [-0.25, -0.2) is 4.79 Å². The number of carboxylic acids is 1. The lowest BCUT2D eigenvalue weighted by Crippen LogP contribution is -2.31. The molecule has 102 valence electrons. The average molecular weight is 264 g/mol. The van der Waals surface area contributed by atoms with E-state index in [-0.39, 0.29) is 22.9 Å². The van der Waals surface area contributed by atoms with E-state index in [1.807, 2.05) is 0 Å². The van der Waals surface area contributed by atoms with Crippen LogP contribution in [0.2, 0.25) is 0 Å². The smallest absolute Gasteiger partial charge is 0.338 e. The molecule has 0 atom stereocenters. The van der Waals surface area contributed by atoms with Crippen molar-refractivity contribution >= 4 is 23.5 Å². The normalized spacial score (nSPS) is 10.1. The van der Waals surface area contributed by atoms with Crippen LogP contribution >= 0.6 is 0 Å². The van der Waals surface area contributed by atoms with Crippen LogP contribution in [0.15, 0.2) is 18.2 Å². The Kier molecular flexibility index (Phi) is 4.63. The summed E-state index contributed by atoms with van der Waals surface area (Å²) in [6, 6.07) is 4.26. The van der Waals surface area contributed by atoms with Crippen LogP contribution in [-0.4, -0.2) is 28.9 Å². The van der Waals surface area contributed by atoms with Crippen molar-refractivity contribution < 1.29 is 19.5 Å². The van der Waals surface area contributed by atoms with Crippen LogP contribution < -0.4 is 10.6 Å². The first-order valence-electron chi connectivity index (χ1n) is 5.77. The summed E-state index contributed by atoms with van der Waals surface area (Å²) in [5.41, 5.74) is -0.0836. The van der Waals surface area contributed by atoms with Crippen molar-refractivity contribution in [1.82, 2.24) is 5.32 Å². The third-order valence-electron chi connectivity index (χ3n) is 2.25. The lowest BCUT2D eigenvalue weighted by atomic mass is 10.0. The molecule has 1 aromatic rings. The number of rotatable bonds is 4. The largest absolute Gasteiger partial charge is 0.478 e. The minimum Gasteiger partial charge on any atom is -0.478 e. The molecule has 0 heterocycles.